The number of hydrogen-bond acceptors (Lipinski definition) is 5. The van der Waals surface area contributed by atoms with E-state index in [4.69, 9.17) is 4.52 Å². The molecule has 3 rings (SSSR count). The summed E-state index contributed by atoms with van der Waals surface area (Å²) < 4.78 is 33.8. The van der Waals surface area contributed by atoms with Crippen molar-refractivity contribution >= 4 is 10.2 Å². The van der Waals surface area contributed by atoms with Crippen molar-refractivity contribution in [3.05, 3.63) is 11.7 Å². The number of hydrogen-bond donors (Lipinski definition) is 1. The molecule has 112 valence electrons. The normalized spacial score (nSPS) is 22.9. The van der Waals surface area contributed by atoms with Crippen LogP contribution in [-0.2, 0) is 10.2 Å². The zero-order chi connectivity index (χ0) is 14.2. The number of nitrogens with zero attached hydrogens (tertiary/aromatic N) is 3. The standard InChI is InChI=1S/C12H20N4O3S/c1-9(12-13-11(14-19-12)10-5-6-10)15-20(17,18)16-7-3-2-4-8-16/h9-10,15H,2-8H2,1H3. The highest BCUT2D eigenvalue weighted by molar-refractivity contribution is 7.87. The Hall–Kier alpha value is -0.990. The maximum atomic E-state index is 12.2. The van der Waals surface area contributed by atoms with Gasteiger partial charge in [0.1, 0.15) is 0 Å². The van der Waals surface area contributed by atoms with Gasteiger partial charge in [-0.2, -0.15) is 22.4 Å². The first-order valence-electron chi connectivity index (χ1n) is 7.17. The van der Waals surface area contributed by atoms with Gasteiger partial charge < -0.3 is 4.52 Å². The van der Waals surface area contributed by atoms with Crippen LogP contribution in [0.1, 0.15) is 62.7 Å². The first-order valence-corrected chi connectivity index (χ1v) is 8.61. The highest BCUT2D eigenvalue weighted by Crippen LogP contribution is 2.38. The van der Waals surface area contributed by atoms with E-state index < -0.39 is 16.3 Å². The number of aromatic nitrogens is 2. The van der Waals surface area contributed by atoms with Crippen molar-refractivity contribution in [2.45, 2.75) is 51.0 Å². The van der Waals surface area contributed by atoms with Gasteiger partial charge in [-0.25, -0.2) is 0 Å². The van der Waals surface area contributed by atoms with E-state index in [1.807, 2.05) is 0 Å². The molecule has 2 aliphatic rings. The van der Waals surface area contributed by atoms with Gasteiger partial charge in [-0.05, 0) is 32.6 Å². The van der Waals surface area contributed by atoms with Crippen LogP contribution in [0.4, 0.5) is 0 Å². The summed E-state index contributed by atoms with van der Waals surface area (Å²) in [7, 11) is -3.47. The van der Waals surface area contributed by atoms with E-state index in [1.54, 1.807) is 6.92 Å². The maximum Gasteiger partial charge on any atom is 0.280 e. The van der Waals surface area contributed by atoms with Crippen LogP contribution in [0, 0.1) is 0 Å². The molecule has 1 unspecified atom stereocenters. The lowest BCUT2D eigenvalue weighted by atomic mass is 10.2. The molecule has 1 aromatic rings. The summed E-state index contributed by atoms with van der Waals surface area (Å²) in [6.07, 6.45) is 5.11. The number of nitrogens with one attached hydrogen (secondary N) is 1. The van der Waals surface area contributed by atoms with E-state index in [0.717, 1.165) is 32.1 Å². The second-order valence-corrected chi connectivity index (χ2v) is 7.27. The molecule has 1 aliphatic carbocycles. The minimum atomic E-state index is -3.47. The fraction of sp³-hybridized carbons (Fsp3) is 0.833. The SMILES string of the molecule is CC(NS(=O)(=O)N1CCCCC1)c1nc(C2CC2)no1. The third-order valence-electron chi connectivity index (χ3n) is 3.75. The van der Waals surface area contributed by atoms with Crippen molar-refractivity contribution in [3.8, 4) is 0 Å². The molecule has 1 saturated heterocycles. The van der Waals surface area contributed by atoms with E-state index in [2.05, 4.69) is 14.9 Å². The average molecular weight is 300 g/mol. The van der Waals surface area contributed by atoms with Gasteiger partial charge in [0.15, 0.2) is 5.82 Å². The van der Waals surface area contributed by atoms with Crippen LogP contribution in [0.5, 0.6) is 0 Å². The van der Waals surface area contributed by atoms with Gasteiger partial charge in [0.05, 0.1) is 6.04 Å². The minimum absolute atomic E-state index is 0.340. The van der Waals surface area contributed by atoms with Gasteiger partial charge in [-0.1, -0.05) is 11.6 Å². The predicted octanol–water partition coefficient (Wildman–Crippen LogP) is 1.33. The van der Waals surface area contributed by atoms with Gasteiger partial charge in [0.25, 0.3) is 10.2 Å². The Bertz CT molecular complexity index is 561. The highest BCUT2D eigenvalue weighted by Gasteiger charge is 2.31. The molecule has 0 amide bonds. The topological polar surface area (TPSA) is 88.3 Å². The van der Waals surface area contributed by atoms with Crippen molar-refractivity contribution in [1.29, 1.82) is 0 Å². The van der Waals surface area contributed by atoms with Crippen LogP contribution >= 0.6 is 0 Å². The molecule has 0 spiro atoms. The van der Waals surface area contributed by atoms with Crippen molar-refractivity contribution in [3.63, 3.8) is 0 Å². The van der Waals surface area contributed by atoms with Crippen LogP contribution in [-0.4, -0.2) is 36.0 Å². The second kappa shape index (κ2) is 5.42. The van der Waals surface area contributed by atoms with E-state index in [9.17, 15) is 8.42 Å². The van der Waals surface area contributed by atoms with Crippen LogP contribution in [0.25, 0.3) is 0 Å². The van der Waals surface area contributed by atoms with Gasteiger partial charge in [0, 0.05) is 19.0 Å². The van der Waals surface area contributed by atoms with Gasteiger partial charge in [-0.15, -0.1) is 0 Å². The molecule has 8 heteroatoms. The first kappa shape index (κ1) is 14.0. The van der Waals surface area contributed by atoms with Crippen LogP contribution < -0.4 is 4.72 Å². The van der Waals surface area contributed by atoms with Gasteiger partial charge >= 0.3 is 0 Å². The lowest BCUT2D eigenvalue weighted by molar-refractivity contribution is 0.325. The molecule has 20 heavy (non-hydrogen) atoms. The quantitative estimate of drug-likeness (QED) is 0.886. The Morgan fingerprint density at radius 1 is 1.30 bits per heavy atom. The molecule has 0 aromatic carbocycles. The summed E-state index contributed by atoms with van der Waals surface area (Å²) in [6.45, 7) is 2.89. The summed E-state index contributed by atoms with van der Waals surface area (Å²) in [4.78, 5) is 4.28. The number of piperidine rings is 1. The summed E-state index contributed by atoms with van der Waals surface area (Å²) in [5.74, 6) is 1.44. The molecule has 2 heterocycles. The molecule has 1 saturated carbocycles. The minimum Gasteiger partial charge on any atom is -0.338 e. The zero-order valence-electron chi connectivity index (χ0n) is 11.6. The van der Waals surface area contributed by atoms with E-state index in [-0.39, 0.29) is 0 Å². The Kier molecular flexibility index (Phi) is 3.78. The van der Waals surface area contributed by atoms with Crippen LogP contribution in [0.2, 0.25) is 0 Å². The molecule has 7 nitrogen and oxygen atoms in total. The monoisotopic (exact) mass is 300 g/mol. The Morgan fingerprint density at radius 3 is 2.65 bits per heavy atom. The summed E-state index contributed by atoms with van der Waals surface area (Å²) in [5, 5.41) is 3.91. The smallest absolute Gasteiger partial charge is 0.280 e. The third kappa shape index (κ3) is 3.02. The van der Waals surface area contributed by atoms with Crippen molar-refractivity contribution in [2.24, 2.45) is 0 Å². The molecule has 0 radical (unpaired) electrons. The molecule has 1 aliphatic heterocycles. The van der Waals surface area contributed by atoms with E-state index >= 15 is 0 Å². The maximum absolute atomic E-state index is 12.2. The van der Waals surface area contributed by atoms with Gasteiger partial charge in [-0.3, -0.25) is 0 Å². The number of rotatable bonds is 5. The average Bonchev–Trinajstić information content (AvgIpc) is 3.17. The van der Waals surface area contributed by atoms with Crippen molar-refractivity contribution in [1.82, 2.24) is 19.2 Å². The van der Waals surface area contributed by atoms with Crippen molar-refractivity contribution in [2.75, 3.05) is 13.1 Å². The fourth-order valence-electron chi connectivity index (χ4n) is 2.38. The lowest BCUT2D eigenvalue weighted by Crippen LogP contribution is -2.44. The predicted molar refractivity (Wildman–Crippen MR) is 72.2 cm³/mol. The summed E-state index contributed by atoms with van der Waals surface area (Å²) in [6, 6.07) is -0.498. The second-order valence-electron chi connectivity index (χ2n) is 5.57. The molecule has 0 bridgehead atoms. The van der Waals surface area contributed by atoms with E-state index in [1.165, 1.54) is 4.31 Å². The van der Waals surface area contributed by atoms with Crippen LogP contribution in [0.15, 0.2) is 4.52 Å². The largest absolute Gasteiger partial charge is 0.338 e. The Balaban J connectivity index is 1.65. The lowest BCUT2D eigenvalue weighted by Gasteiger charge is -2.26. The molecular weight excluding hydrogens is 280 g/mol. The fourth-order valence-corrected chi connectivity index (χ4v) is 3.82. The van der Waals surface area contributed by atoms with Crippen LogP contribution in [0.3, 0.4) is 0 Å². The third-order valence-corrected chi connectivity index (χ3v) is 5.45. The Labute approximate surface area is 118 Å². The molecule has 1 N–H and O–H groups in total. The summed E-state index contributed by atoms with van der Waals surface area (Å²) >= 11 is 0. The first-order chi connectivity index (χ1) is 9.56. The molecule has 1 atom stereocenters. The molecule has 2 fully saturated rings. The molecular formula is C12H20N4O3S. The van der Waals surface area contributed by atoms with E-state index in [0.29, 0.717) is 30.7 Å². The van der Waals surface area contributed by atoms with Gasteiger partial charge in [0.2, 0.25) is 5.89 Å². The summed E-state index contributed by atoms with van der Waals surface area (Å²) in [5.41, 5.74) is 0. The highest BCUT2D eigenvalue weighted by atomic mass is 32.2. The Morgan fingerprint density at radius 2 is 2.00 bits per heavy atom. The zero-order valence-corrected chi connectivity index (χ0v) is 12.4. The van der Waals surface area contributed by atoms with Crippen molar-refractivity contribution < 1.29 is 12.9 Å². The molecule has 1 aromatic heterocycles.